The van der Waals surface area contributed by atoms with E-state index >= 15 is 0 Å². The number of nitrogens with one attached hydrogen (secondary N) is 1. The molecule has 0 radical (unpaired) electrons. The quantitative estimate of drug-likeness (QED) is 0.853. The van der Waals surface area contributed by atoms with Crippen molar-refractivity contribution in [3.8, 4) is 12.3 Å². The van der Waals surface area contributed by atoms with Gasteiger partial charge in [-0.05, 0) is 19.8 Å². The Bertz CT molecular complexity index is 514. The van der Waals surface area contributed by atoms with Gasteiger partial charge in [0.15, 0.2) is 0 Å². The first-order valence-corrected chi connectivity index (χ1v) is 6.26. The second-order valence-corrected chi connectivity index (χ2v) is 5.13. The van der Waals surface area contributed by atoms with Gasteiger partial charge in [0, 0.05) is 0 Å². The number of aromatic nitrogens is 2. The standard InChI is InChI=1S/C13H18ClN3O/c1-6-10(8(2)3)16-11-7-15-17(9(4)5)13(18)12(11)14/h1,7-10,16H,2-5H3. The van der Waals surface area contributed by atoms with E-state index in [1.54, 1.807) is 0 Å². The molecule has 0 fully saturated rings. The van der Waals surface area contributed by atoms with Crippen LogP contribution in [-0.4, -0.2) is 15.8 Å². The van der Waals surface area contributed by atoms with Crippen LogP contribution in [-0.2, 0) is 0 Å². The molecule has 0 saturated heterocycles. The minimum absolute atomic E-state index is 0.0300. The fraction of sp³-hybridized carbons (Fsp3) is 0.538. The maximum atomic E-state index is 11.9. The molecule has 1 aromatic heterocycles. The van der Waals surface area contributed by atoms with E-state index in [-0.39, 0.29) is 28.6 Å². The zero-order chi connectivity index (χ0) is 13.9. The van der Waals surface area contributed by atoms with E-state index in [2.05, 4.69) is 16.3 Å². The van der Waals surface area contributed by atoms with Crippen molar-refractivity contribution in [3.63, 3.8) is 0 Å². The topological polar surface area (TPSA) is 46.9 Å². The van der Waals surface area contributed by atoms with Crippen molar-refractivity contribution in [2.24, 2.45) is 5.92 Å². The number of halogens is 1. The van der Waals surface area contributed by atoms with E-state index in [1.165, 1.54) is 10.9 Å². The average Bonchev–Trinajstić information content (AvgIpc) is 2.30. The van der Waals surface area contributed by atoms with Gasteiger partial charge >= 0.3 is 0 Å². The van der Waals surface area contributed by atoms with E-state index in [9.17, 15) is 4.79 Å². The Morgan fingerprint density at radius 1 is 1.44 bits per heavy atom. The SMILES string of the molecule is C#CC(Nc1cnn(C(C)C)c(=O)c1Cl)C(C)C. The van der Waals surface area contributed by atoms with Gasteiger partial charge in [-0.15, -0.1) is 6.42 Å². The van der Waals surface area contributed by atoms with E-state index < -0.39 is 0 Å². The predicted octanol–water partition coefficient (Wildman–Crippen LogP) is 2.55. The van der Waals surface area contributed by atoms with Crippen LogP contribution >= 0.6 is 11.6 Å². The fourth-order valence-corrected chi connectivity index (χ4v) is 1.67. The molecule has 1 atom stereocenters. The highest BCUT2D eigenvalue weighted by molar-refractivity contribution is 6.32. The molecule has 5 heteroatoms. The van der Waals surface area contributed by atoms with Crippen LogP contribution in [0.1, 0.15) is 33.7 Å². The second kappa shape index (κ2) is 5.92. The number of hydrogen-bond donors (Lipinski definition) is 1. The Balaban J connectivity index is 3.11. The molecule has 0 aromatic carbocycles. The molecule has 1 rings (SSSR count). The summed E-state index contributed by atoms with van der Waals surface area (Å²) in [4.78, 5) is 11.9. The maximum absolute atomic E-state index is 11.9. The van der Waals surface area contributed by atoms with Crippen molar-refractivity contribution in [2.75, 3.05) is 5.32 Å². The van der Waals surface area contributed by atoms with E-state index in [0.29, 0.717) is 5.69 Å². The summed E-state index contributed by atoms with van der Waals surface area (Å²) in [5.41, 5.74) is 0.173. The van der Waals surface area contributed by atoms with Gasteiger partial charge in [-0.1, -0.05) is 31.4 Å². The molecule has 0 bridgehead atoms. The number of hydrogen-bond acceptors (Lipinski definition) is 3. The van der Waals surface area contributed by atoms with Crippen molar-refractivity contribution < 1.29 is 0 Å². The van der Waals surface area contributed by atoms with Gasteiger partial charge in [0.2, 0.25) is 0 Å². The largest absolute Gasteiger partial charge is 0.369 e. The average molecular weight is 268 g/mol. The Hall–Kier alpha value is -1.47. The third kappa shape index (κ3) is 3.05. The van der Waals surface area contributed by atoms with E-state index in [4.69, 9.17) is 18.0 Å². The number of rotatable bonds is 4. The summed E-state index contributed by atoms with van der Waals surface area (Å²) in [6.45, 7) is 7.73. The van der Waals surface area contributed by atoms with Gasteiger partial charge in [0.05, 0.1) is 24.0 Å². The lowest BCUT2D eigenvalue weighted by Crippen LogP contribution is -2.29. The summed E-state index contributed by atoms with van der Waals surface area (Å²) < 4.78 is 1.34. The molecule has 0 aliphatic rings. The first-order chi connectivity index (χ1) is 8.38. The summed E-state index contributed by atoms with van der Waals surface area (Å²) in [7, 11) is 0. The third-order valence-electron chi connectivity index (χ3n) is 2.59. The lowest BCUT2D eigenvalue weighted by Gasteiger charge is -2.19. The molecule has 1 N–H and O–H groups in total. The summed E-state index contributed by atoms with van der Waals surface area (Å²) in [6.07, 6.45) is 6.97. The van der Waals surface area contributed by atoms with Gasteiger partial charge in [0.1, 0.15) is 5.02 Å². The normalized spacial score (nSPS) is 12.6. The molecule has 0 spiro atoms. The van der Waals surface area contributed by atoms with Crippen molar-refractivity contribution in [1.82, 2.24) is 9.78 Å². The van der Waals surface area contributed by atoms with Gasteiger partial charge in [0.25, 0.3) is 5.56 Å². The van der Waals surface area contributed by atoms with Crippen LogP contribution in [0, 0.1) is 18.3 Å². The molecule has 0 aliphatic carbocycles. The van der Waals surface area contributed by atoms with E-state index in [0.717, 1.165) is 0 Å². The molecule has 1 unspecified atom stereocenters. The lowest BCUT2D eigenvalue weighted by molar-refractivity contribution is 0.502. The molecule has 1 heterocycles. The highest BCUT2D eigenvalue weighted by Gasteiger charge is 2.15. The molecule has 0 saturated carbocycles. The molecular weight excluding hydrogens is 250 g/mol. The highest BCUT2D eigenvalue weighted by atomic mass is 35.5. The van der Waals surface area contributed by atoms with Crippen molar-refractivity contribution in [3.05, 3.63) is 21.6 Å². The first-order valence-electron chi connectivity index (χ1n) is 5.88. The van der Waals surface area contributed by atoms with Crippen molar-refractivity contribution >= 4 is 17.3 Å². The maximum Gasteiger partial charge on any atom is 0.287 e. The Kier molecular flexibility index (Phi) is 4.80. The van der Waals surface area contributed by atoms with Crippen molar-refractivity contribution in [2.45, 2.75) is 39.8 Å². The lowest BCUT2D eigenvalue weighted by atomic mass is 10.1. The Morgan fingerprint density at radius 2 is 2.06 bits per heavy atom. The molecule has 0 amide bonds. The van der Waals surface area contributed by atoms with Crippen LogP contribution in [0.3, 0.4) is 0 Å². The third-order valence-corrected chi connectivity index (χ3v) is 2.96. The zero-order valence-corrected chi connectivity index (χ0v) is 11.8. The van der Waals surface area contributed by atoms with Gasteiger partial charge < -0.3 is 5.32 Å². The first kappa shape index (κ1) is 14.6. The van der Waals surface area contributed by atoms with Crippen LogP contribution in [0.4, 0.5) is 5.69 Å². The molecule has 0 aliphatic heterocycles. The minimum Gasteiger partial charge on any atom is -0.369 e. The Morgan fingerprint density at radius 3 is 2.50 bits per heavy atom. The molecule has 1 aromatic rings. The van der Waals surface area contributed by atoms with Gasteiger partial charge in [-0.2, -0.15) is 5.10 Å². The number of anilines is 1. The molecular formula is C13H18ClN3O. The minimum atomic E-state index is -0.309. The molecule has 4 nitrogen and oxygen atoms in total. The van der Waals surface area contributed by atoms with Crippen LogP contribution < -0.4 is 10.9 Å². The molecule has 98 valence electrons. The fourth-order valence-electron chi connectivity index (χ4n) is 1.48. The number of terminal acetylenes is 1. The highest BCUT2D eigenvalue weighted by Crippen LogP contribution is 2.19. The monoisotopic (exact) mass is 267 g/mol. The molecule has 18 heavy (non-hydrogen) atoms. The Labute approximate surface area is 112 Å². The number of nitrogens with zero attached hydrogens (tertiary/aromatic N) is 2. The second-order valence-electron chi connectivity index (χ2n) is 4.75. The summed E-state index contributed by atoms with van der Waals surface area (Å²) in [5, 5.41) is 7.26. The predicted molar refractivity (Wildman–Crippen MR) is 75.0 cm³/mol. The van der Waals surface area contributed by atoms with Crippen molar-refractivity contribution in [1.29, 1.82) is 0 Å². The van der Waals surface area contributed by atoms with Crippen LogP contribution in [0.25, 0.3) is 0 Å². The van der Waals surface area contributed by atoms with Crippen LogP contribution in [0.5, 0.6) is 0 Å². The van der Waals surface area contributed by atoms with Crippen LogP contribution in [0.15, 0.2) is 11.0 Å². The van der Waals surface area contributed by atoms with Gasteiger partial charge in [-0.3, -0.25) is 4.79 Å². The zero-order valence-electron chi connectivity index (χ0n) is 11.1. The van der Waals surface area contributed by atoms with Crippen LogP contribution in [0.2, 0.25) is 5.02 Å². The summed E-state index contributed by atoms with van der Waals surface area (Å²) in [5.74, 6) is 2.86. The van der Waals surface area contributed by atoms with E-state index in [1.807, 2.05) is 27.7 Å². The summed E-state index contributed by atoms with van der Waals surface area (Å²) >= 11 is 6.04. The smallest absolute Gasteiger partial charge is 0.287 e. The summed E-state index contributed by atoms with van der Waals surface area (Å²) in [6, 6.07) is -0.212. The van der Waals surface area contributed by atoms with Gasteiger partial charge in [-0.25, -0.2) is 4.68 Å².